The summed E-state index contributed by atoms with van der Waals surface area (Å²) in [5.74, 6) is -0.164. The van der Waals surface area contributed by atoms with Gasteiger partial charge in [0.2, 0.25) is 5.89 Å². The lowest BCUT2D eigenvalue weighted by Crippen LogP contribution is -2.39. The zero-order valence-electron chi connectivity index (χ0n) is 15.7. The fraction of sp³-hybridized carbons (Fsp3) is 0.238. The van der Waals surface area contributed by atoms with E-state index in [1.165, 1.54) is 12.1 Å². The van der Waals surface area contributed by atoms with Crippen LogP contribution < -0.4 is 10.6 Å². The van der Waals surface area contributed by atoms with Crippen LogP contribution in [0, 0.1) is 11.6 Å². The summed E-state index contributed by atoms with van der Waals surface area (Å²) in [5, 5.41) is 6.23. The Bertz CT molecular complexity index is 941. The van der Waals surface area contributed by atoms with Crippen molar-refractivity contribution in [3.63, 3.8) is 0 Å². The van der Waals surface area contributed by atoms with Gasteiger partial charge in [-0.2, -0.15) is 0 Å². The number of hydrogen-bond donors (Lipinski definition) is 2. The molecule has 1 unspecified atom stereocenters. The van der Waals surface area contributed by atoms with E-state index in [4.69, 9.17) is 4.42 Å². The maximum Gasteiger partial charge on any atom is 0.226 e. The lowest BCUT2D eigenvalue weighted by Gasteiger charge is -2.18. The highest BCUT2D eigenvalue weighted by atomic mass is 19.1. The molecule has 0 spiro atoms. The van der Waals surface area contributed by atoms with Crippen LogP contribution in [0.2, 0.25) is 0 Å². The largest absolute Gasteiger partial charge is 0.444 e. The Morgan fingerprint density at radius 2 is 1.96 bits per heavy atom. The lowest BCUT2D eigenvalue weighted by atomic mass is 10.1. The summed E-state index contributed by atoms with van der Waals surface area (Å²) in [6.45, 7) is 4.65. The minimum Gasteiger partial charge on any atom is -0.444 e. The maximum atomic E-state index is 14.0. The van der Waals surface area contributed by atoms with Gasteiger partial charge in [0.1, 0.15) is 23.6 Å². The molecule has 0 aliphatic carbocycles. The summed E-state index contributed by atoms with van der Waals surface area (Å²) >= 11 is 0. The van der Waals surface area contributed by atoms with Crippen LogP contribution >= 0.6 is 0 Å². The molecule has 146 valence electrons. The zero-order valence-corrected chi connectivity index (χ0v) is 15.7. The summed E-state index contributed by atoms with van der Waals surface area (Å²) in [4.78, 5) is 8.92. The van der Waals surface area contributed by atoms with Crippen LogP contribution in [0.1, 0.15) is 31.1 Å². The first-order chi connectivity index (χ1) is 13.6. The summed E-state index contributed by atoms with van der Waals surface area (Å²) in [5.41, 5.74) is 1.93. The molecule has 1 atom stereocenters. The summed E-state index contributed by atoms with van der Waals surface area (Å²) in [6.07, 6.45) is 1.57. The Balaban J connectivity index is 1.70. The Morgan fingerprint density at radius 1 is 1.18 bits per heavy atom. The minimum absolute atomic E-state index is 0.296. The number of rotatable bonds is 6. The lowest BCUT2D eigenvalue weighted by molar-refractivity contribution is 0.551. The second-order valence-corrected chi connectivity index (χ2v) is 6.24. The number of halogens is 2. The molecule has 2 N–H and O–H groups in total. The molecule has 0 aliphatic rings. The first kappa shape index (κ1) is 19.5. The van der Waals surface area contributed by atoms with Gasteiger partial charge in [0.25, 0.3) is 0 Å². The van der Waals surface area contributed by atoms with Gasteiger partial charge in [-0.25, -0.2) is 18.8 Å². The van der Waals surface area contributed by atoms with Gasteiger partial charge in [0.15, 0.2) is 5.96 Å². The maximum absolute atomic E-state index is 14.0. The fourth-order valence-electron chi connectivity index (χ4n) is 2.71. The Hall–Kier alpha value is -3.22. The van der Waals surface area contributed by atoms with Crippen molar-refractivity contribution in [2.45, 2.75) is 26.4 Å². The monoisotopic (exact) mass is 384 g/mol. The van der Waals surface area contributed by atoms with Crippen LogP contribution in [0.5, 0.6) is 0 Å². The molecule has 1 heterocycles. The summed E-state index contributed by atoms with van der Waals surface area (Å²) < 4.78 is 32.6. The van der Waals surface area contributed by atoms with E-state index >= 15 is 0 Å². The second kappa shape index (κ2) is 9.12. The van der Waals surface area contributed by atoms with Crippen LogP contribution in [0.25, 0.3) is 11.5 Å². The summed E-state index contributed by atoms with van der Waals surface area (Å²) in [6, 6.07) is 12.7. The molecule has 28 heavy (non-hydrogen) atoms. The molecule has 3 aromatic rings. The van der Waals surface area contributed by atoms with E-state index in [9.17, 15) is 8.78 Å². The molecule has 0 fully saturated rings. The third-order valence-corrected chi connectivity index (χ3v) is 4.10. The Kier molecular flexibility index (Phi) is 6.37. The van der Waals surface area contributed by atoms with Crippen molar-refractivity contribution in [2.75, 3.05) is 6.54 Å². The van der Waals surface area contributed by atoms with Crippen molar-refractivity contribution in [2.24, 2.45) is 4.99 Å². The van der Waals surface area contributed by atoms with Crippen LogP contribution in [-0.4, -0.2) is 17.5 Å². The standard InChI is InChI=1S/C21H22F2N4O/c1-3-24-21(26-14(2)18-10-9-16(22)11-19(18)23)25-12-17-13-28-20(27-17)15-7-5-4-6-8-15/h4-11,13-14H,3,12H2,1-2H3,(H2,24,25,26). The predicted octanol–water partition coefficient (Wildman–Crippen LogP) is 4.44. The average molecular weight is 384 g/mol. The molecule has 0 radical (unpaired) electrons. The molecule has 2 aromatic carbocycles. The molecular weight excluding hydrogens is 362 g/mol. The van der Waals surface area contributed by atoms with Crippen LogP contribution in [0.4, 0.5) is 8.78 Å². The van der Waals surface area contributed by atoms with Crippen molar-refractivity contribution in [3.8, 4) is 11.5 Å². The van der Waals surface area contributed by atoms with Crippen LogP contribution in [-0.2, 0) is 6.54 Å². The highest BCUT2D eigenvalue weighted by Gasteiger charge is 2.13. The van der Waals surface area contributed by atoms with Crippen molar-refractivity contribution < 1.29 is 13.2 Å². The van der Waals surface area contributed by atoms with Crippen molar-refractivity contribution >= 4 is 5.96 Å². The number of oxazole rings is 1. The van der Waals surface area contributed by atoms with Gasteiger partial charge in [-0.1, -0.05) is 24.3 Å². The third kappa shape index (κ3) is 4.94. The number of aliphatic imine (C=N–C) groups is 1. The quantitative estimate of drug-likeness (QED) is 0.487. The molecule has 0 saturated heterocycles. The zero-order chi connectivity index (χ0) is 19.9. The molecule has 7 heteroatoms. The van der Waals surface area contributed by atoms with E-state index in [0.29, 0.717) is 36.2 Å². The van der Waals surface area contributed by atoms with Gasteiger partial charge in [-0.3, -0.25) is 0 Å². The van der Waals surface area contributed by atoms with E-state index in [1.54, 1.807) is 13.2 Å². The summed E-state index contributed by atoms with van der Waals surface area (Å²) in [7, 11) is 0. The van der Waals surface area contributed by atoms with E-state index in [2.05, 4.69) is 20.6 Å². The number of nitrogens with one attached hydrogen (secondary N) is 2. The van der Waals surface area contributed by atoms with E-state index in [-0.39, 0.29) is 0 Å². The van der Waals surface area contributed by atoms with Gasteiger partial charge in [0.05, 0.1) is 12.6 Å². The third-order valence-electron chi connectivity index (χ3n) is 4.10. The number of nitrogens with zero attached hydrogens (tertiary/aromatic N) is 2. The van der Waals surface area contributed by atoms with E-state index in [1.807, 2.05) is 37.3 Å². The van der Waals surface area contributed by atoms with Crippen LogP contribution in [0.3, 0.4) is 0 Å². The highest BCUT2D eigenvalue weighted by molar-refractivity contribution is 5.80. The van der Waals surface area contributed by atoms with Gasteiger partial charge < -0.3 is 15.1 Å². The van der Waals surface area contributed by atoms with Crippen molar-refractivity contribution in [3.05, 3.63) is 77.7 Å². The fourth-order valence-corrected chi connectivity index (χ4v) is 2.71. The van der Waals surface area contributed by atoms with E-state index in [0.717, 1.165) is 11.6 Å². The molecule has 0 saturated carbocycles. The van der Waals surface area contributed by atoms with Gasteiger partial charge in [-0.15, -0.1) is 0 Å². The topological polar surface area (TPSA) is 62.5 Å². The molecule has 0 aliphatic heterocycles. The minimum atomic E-state index is -0.603. The highest BCUT2D eigenvalue weighted by Crippen LogP contribution is 2.19. The number of aromatic nitrogens is 1. The van der Waals surface area contributed by atoms with Gasteiger partial charge >= 0.3 is 0 Å². The SMILES string of the molecule is CCNC(=NCc1coc(-c2ccccc2)n1)NC(C)c1ccc(F)cc1F. The Labute approximate surface area is 162 Å². The molecular formula is C21H22F2N4O. The van der Waals surface area contributed by atoms with E-state index < -0.39 is 17.7 Å². The Morgan fingerprint density at radius 3 is 2.68 bits per heavy atom. The van der Waals surface area contributed by atoms with Crippen molar-refractivity contribution in [1.29, 1.82) is 0 Å². The molecule has 3 rings (SSSR count). The molecule has 0 amide bonds. The number of benzene rings is 2. The smallest absolute Gasteiger partial charge is 0.226 e. The first-order valence-electron chi connectivity index (χ1n) is 9.06. The van der Waals surface area contributed by atoms with Crippen LogP contribution in [0.15, 0.2) is 64.2 Å². The molecule has 5 nitrogen and oxygen atoms in total. The first-order valence-corrected chi connectivity index (χ1v) is 9.06. The average Bonchev–Trinajstić information content (AvgIpc) is 3.16. The normalized spacial score (nSPS) is 12.6. The molecule has 0 bridgehead atoms. The van der Waals surface area contributed by atoms with Gasteiger partial charge in [0, 0.05) is 23.7 Å². The number of hydrogen-bond acceptors (Lipinski definition) is 3. The van der Waals surface area contributed by atoms with Gasteiger partial charge in [-0.05, 0) is 32.0 Å². The second-order valence-electron chi connectivity index (χ2n) is 6.24. The molecule has 1 aromatic heterocycles. The predicted molar refractivity (Wildman–Crippen MR) is 105 cm³/mol. The number of guanidine groups is 1. The van der Waals surface area contributed by atoms with Crippen molar-refractivity contribution in [1.82, 2.24) is 15.6 Å².